The number of amides is 2. The zero-order chi connectivity index (χ0) is 24.8. The number of carboxylic acid groups (broad SMARTS) is 1. The Morgan fingerprint density at radius 3 is 2.03 bits per heavy atom. The average Bonchev–Trinajstić information content (AvgIpc) is 3.19. The predicted octanol–water partition coefficient (Wildman–Crippen LogP) is 2.70. The lowest BCUT2D eigenvalue weighted by Gasteiger charge is -2.20. The van der Waals surface area contributed by atoms with Crippen LogP contribution in [0.3, 0.4) is 0 Å². The third-order valence-electron chi connectivity index (χ3n) is 5.99. The Morgan fingerprint density at radius 2 is 1.43 bits per heavy atom. The summed E-state index contributed by atoms with van der Waals surface area (Å²) in [6.07, 6.45) is -2.34. The van der Waals surface area contributed by atoms with Gasteiger partial charge in [0.1, 0.15) is 12.6 Å². The summed E-state index contributed by atoms with van der Waals surface area (Å²) in [5.41, 5.74) is 5.15. The number of aliphatic carboxylic acids is 1. The first kappa shape index (κ1) is 24.0. The van der Waals surface area contributed by atoms with E-state index in [1.165, 1.54) is 0 Å². The number of nitrogens with one attached hydrogen (secondary N) is 2. The Balaban J connectivity index is 1.43. The molecule has 0 saturated carbocycles. The van der Waals surface area contributed by atoms with E-state index in [0.29, 0.717) is 0 Å². The Kier molecular flexibility index (Phi) is 7.42. The van der Waals surface area contributed by atoms with Gasteiger partial charge >= 0.3 is 12.1 Å². The molecule has 0 fully saturated rings. The lowest BCUT2D eigenvalue weighted by atomic mass is 9.98. The van der Waals surface area contributed by atoms with Crippen molar-refractivity contribution in [1.29, 1.82) is 0 Å². The highest BCUT2D eigenvalue weighted by Gasteiger charge is 2.30. The average molecular weight is 475 g/mol. The molecule has 3 aromatic rings. The molecule has 0 aromatic heterocycles. The molecule has 2 atom stereocenters. The van der Waals surface area contributed by atoms with Gasteiger partial charge in [0.15, 0.2) is 6.10 Å². The number of hydrogen-bond acceptors (Lipinski definition) is 5. The van der Waals surface area contributed by atoms with Crippen molar-refractivity contribution in [3.63, 3.8) is 0 Å². The van der Waals surface area contributed by atoms with E-state index in [1.807, 2.05) is 78.9 Å². The predicted molar refractivity (Wildman–Crippen MR) is 129 cm³/mol. The molecular formula is C27H26N2O6. The maximum atomic E-state index is 12.7. The number of alkyl carbamates (subject to hydrolysis) is 1. The molecule has 4 rings (SSSR count). The number of rotatable bonds is 9. The van der Waals surface area contributed by atoms with Gasteiger partial charge in [-0.15, -0.1) is 0 Å². The molecule has 2 amide bonds. The number of aliphatic hydroxyl groups excluding tert-OH is 1. The second-order valence-corrected chi connectivity index (χ2v) is 8.31. The summed E-state index contributed by atoms with van der Waals surface area (Å²) in [4.78, 5) is 36.3. The van der Waals surface area contributed by atoms with Crippen molar-refractivity contribution < 1.29 is 29.3 Å². The van der Waals surface area contributed by atoms with Crippen molar-refractivity contribution in [1.82, 2.24) is 10.6 Å². The minimum atomic E-state index is -1.74. The molecular weight excluding hydrogens is 448 g/mol. The van der Waals surface area contributed by atoms with E-state index in [9.17, 15) is 19.5 Å². The summed E-state index contributed by atoms with van der Waals surface area (Å²) in [7, 11) is 0. The van der Waals surface area contributed by atoms with Crippen molar-refractivity contribution >= 4 is 18.0 Å². The second-order valence-electron chi connectivity index (χ2n) is 8.31. The van der Waals surface area contributed by atoms with Crippen molar-refractivity contribution in [2.45, 2.75) is 24.5 Å². The van der Waals surface area contributed by atoms with Gasteiger partial charge in [0.25, 0.3) is 0 Å². The Morgan fingerprint density at radius 1 is 0.857 bits per heavy atom. The highest BCUT2D eigenvalue weighted by atomic mass is 16.5. The van der Waals surface area contributed by atoms with Crippen LogP contribution in [-0.4, -0.2) is 53.5 Å². The zero-order valence-electron chi connectivity index (χ0n) is 18.9. The molecule has 8 nitrogen and oxygen atoms in total. The fourth-order valence-electron chi connectivity index (χ4n) is 4.25. The van der Waals surface area contributed by atoms with Crippen LogP contribution in [0.1, 0.15) is 22.6 Å². The Hall–Kier alpha value is -4.17. The lowest BCUT2D eigenvalue weighted by Crippen LogP contribution is -2.50. The van der Waals surface area contributed by atoms with E-state index in [2.05, 4.69) is 10.6 Å². The molecule has 0 spiro atoms. The highest BCUT2D eigenvalue weighted by molar-refractivity contribution is 5.86. The fourth-order valence-corrected chi connectivity index (χ4v) is 4.25. The van der Waals surface area contributed by atoms with E-state index in [1.54, 1.807) is 0 Å². The molecule has 180 valence electrons. The first-order valence-corrected chi connectivity index (χ1v) is 11.3. The number of hydrogen-bond donors (Lipinski definition) is 4. The van der Waals surface area contributed by atoms with Crippen LogP contribution >= 0.6 is 0 Å². The van der Waals surface area contributed by atoms with Crippen LogP contribution in [0.15, 0.2) is 78.9 Å². The minimum Gasteiger partial charge on any atom is -0.479 e. The fraction of sp³-hybridized carbons (Fsp3) is 0.222. The van der Waals surface area contributed by atoms with Crippen molar-refractivity contribution in [3.8, 4) is 11.1 Å². The van der Waals surface area contributed by atoms with Gasteiger partial charge in [0.2, 0.25) is 5.91 Å². The van der Waals surface area contributed by atoms with Gasteiger partial charge in [-0.3, -0.25) is 4.79 Å². The van der Waals surface area contributed by atoms with Gasteiger partial charge in [-0.05, 0) is 27.8 Å². The molecule has 0 saturated heterocycles. The summed E-state index contributed by atoms with van der Waals surface area (Å²) in [5.74, 6) is -2.20. The minimum absolute atomic E-state index is 0.0945. The molecule has 1 aliphatic rings. The molecule has 35 heavy (non-hydrogen) atoms. The van der Waals surface area contributed by atoms with Gasteiger partial charge in [0, 0.05) is 12.3 Å². The number of aliphatic hydroxyl groups is 1. The van der Waals surface area contributed by atoms with Gasteiger partial charge < -0.3 is 25.6 Å². The summed E-state index contributed by atoms with van der Waals surface area (Å²) < 4.78 is 5.55. The maximum absolute atomic E-state index is 12.7. The summed E-state index contributed by atoms with van der Waals surface area (Å²) in [6.45, 7) is -0.386. The van der Waals surface area contributed by atoms with E-state index in [4.69, 9.17) is 9.84 Å². The van der Waals surface area contributed by atoms with Crippen LogP contribution in [0.25, 0.3) is 11.1 Å². The molecule has 3 aromatic carbocycles. The van der Waals surface area contributed by atoms with Gasteiger partial charge in [-0.2, -0.15) is 0 Å². The first-order valence-electron chi connectivity index (χ1n) is 11.3. The quantitative estimate of drug-likeness (QED) is 0.378. The number of carbonyl (C=O) groups is 3. The largest absolute Gasteiger partial charge is 0.479 e. The summed E-state index contributed by atoms with van der Waals surface area (Å²) in [5, 5.41) is 23.3. The standard InChI is InChI=1S/C27H26N2O6/c30-24(26(32)33)15-28-25(31)23(14-17-8-2-1-3-9-17)29-27(34)35-16-22-20-12-6-4-10-18(20)19-11-5-7-13-21(19)22/h1-13,22-24,30H,14-16H2,(H,28,31)(H,29,34)(H,32,33). The van der Waals surface area contributed by atoms with E-state index < -0.39 is 36.7 Å². The molecule has 8 heteroatoms. The number of carboxylic acids is 1. The normalized spacial score (nSPS) is 13.7. The van der Waals surface area contributed by atoms with Crippen LogP contribution < -0.4 is 10.6 Å². The summed E-state index contributed by atoms with van der Waals surface area (Å²) in [6, 6.07) is 24.0. The van der Waals surface area contributed by atoms with Crippen molar-refractivity contribution in [2.75, 3.05) is 13.2 Å². The molecule has 4 N–H and O–H groups in total. The van der Waals surface area contributed by atoms with Crippen LogP contribution in [0.5, 0.6) is 0 Å². The topological polar surface area (TPSA) is 125 Å². The molecule has 0 bridgehead atoms. The van der Waals surface area contributed by atoms with E-state index in [-0.39, 0.29) is 18.9 Å². The van der Waals surface area contributed by atoms with E-state index >= 15 is 0 Å². The van der Waals surface area contributed by atoms with Crippen LogP contribution in [0.4, 0.5) is 4.79 Å². The highest BCUT2D eigenvalue weighted by Crippen LogP contribution is 2.44. The Labute approximate surface area is 202 Å². The molecule has 2 unspecified atom stereocenters. The van der Waals surface area contributed by atoms with Gasteiger partial charge in [0.05, 0.1) is 6.54 Å². The molecule has 0 radical (unpaired) electrons. The van der Waals surface area contributed by atoms with Crippen LogP contribution in [-0.2, 0) is 20.7 Å². The lowest BCUT2D eigenvalue weighted by molar-refractivity contribution is -0.146. The van der Waals surface area contributed by atoms with Gasteiger partial charge in [-0.25, -0.2) is 9.59 Å². The molecule has 1 aliphatic carbocycles. The maximum Gasteiger partial charge on any atom is 0.407 e. The molecule has 0 heterocycles. The van der Waals surface area contributed by atoms with E-state index in [0.717, 1.165) is 27.8 Å². The first-order chi connectivity index (χ1) is 16.9. The van der Waals surface area contributed by atoms with Gasteiger partial charge in [-0.1, -0.05) is 78.9 Å². The number of benzene rings is 3. The monoisotopic (exact) mass is 474 g/mol. The van der Waals surface area contributed by atoms with Crippen molar-refractivity contribution in [2.24, 2.45) is 0 Å². The Bertz CT molecular complexity index is 1170. The van der Waals surface area contributed by atoms with Crippen molar-refractivity contribution in [3.05, 3.63) is 95.6 Å². The van der Waals surface area contributed by atoms with Crippen LogP contribution in [0.2, 0.25) is 0 Å². The zero-order valence-corrected chi connectivity index (χ0v) is 18.9. The third-order valence-corrected chi connectivity index (χ3v) is 5.99. The number of ether oxygens (including phenoxy) is 1. The second kappa shape index (κ2) is 10.8. The molecule has 0 aliphatic heterocycles. The third kappa shape index (κ3) is 5.67. The smallest absolute Gasteiger partial charge is 0.407 e. The number of fused-ring (bicyclic) bond motifs is 3. The SMILES string of the molecule is O=C(NC(Cc1ccccc1)C(=O)NCC(O)C(=O)O)OCC1c2ccccc2-c2ccccc21. The van der Waals surface area contributed by atoms with Crippen LogP contribution in [0, 0.1) is 0 Å². The number of carbonyl (C=O) groups excluding carboxylic acids is 2. The summed E-state index contributed by atoms with van der Waals surface area (Å²) >= 11 is 0.